The van der Waals surface area contributed by atoms with Gasteiger partial charge < -0.3 is 14.2 Å². The van der Waals surface area contributed by atoms with Crippen molar-refractivity contribution in [3.8, 4) is 28.4 Å². The molecule has 3 aromatic rings. The lowest BCUT2D eigenvalue weighted by molar-refractivity contribution is 0.176. The van der Waals surface area contributed by atoms with Crippen molar-refractivity contribution in [3.05, 3.63) is 53.1 Å². The summed E-state index contributed by atoms with van der Waals surface area (Å²) in [6, 6.07) is 13.4. The van der Waals surface area contributed by atoms with Gasteiger partial charge in [-0.3, -0.25) is 4.90 Å². The van der Waals surface area contributed by atoms with Gasteiger partial charge >= 0.3 is 0 Å². The van der Waals surface area contributed by atoms with E-state index in [-0.39, 0.29) is 6.04 Å². The Labute approximate surface area is 179 Å². The van der Waals surface area contributed by atoms with Crippen molar-refractivity contribution in [3.63, 3.8) is 0 Å². The molecule has 158 valence electrons. The normalized spacial score (nSPS) is 18.9. The molecule has 4 heteroatoms. The maximum atomic E-state index is 5.78. The van der Waals surface area contributed by atoms with E-state index in [1.54, 1.807) is 21.3 Å². The second kappa shape index (κ2) is 7.84. The minimum Gasteiger partial charge on any atom is -0.496 e. The number of fused-ring (bicyclic) bond motifs is 2. The number of aryl methyl sites for hydroxylation is 1. The van der Waals surface area contributed by atoms with Crippen LogP contribution in [0, 0.1) is 6.92 Å². The van der Waals surface area contributed by atoms with Gasteiger partial charge in [-0.1, -0.05) is 18.2 Å². The van der Waals surface area contributed by atoms with Gasteiger partial charge in [0.1, 0.15) is 17.2 Å². The highest BCUT2D eigenvalue weighted by Crippen LogP contribution is 2.47. The van der Waals surface area contributed by atoms with Crippen molar-refractivity contribution < 1.29 is 14.2 Å². The molecule has 0 N–H and O–H groups in total. The van der Waals surface area contributed by atoms with Gasteiger partial charge in [-0.25, -0.2) is 0 Å². The summed E-state index contributed by atoms with van der Waals surface area (Å²) in [4.78, 5) is 2.43. The van der Waals surface area contributed by atoms with Gasteiger partial charge in [-0.15, -0.1) is 0 Å². The molecule has 1 aliphatic heterocycles. The molecule has 4 nitrogen and oxygen atoms in total. The minimum absolute atomic E-state index is 0.290. The molecule has 0 fully saturated rings. The summed E-state index contributed by atoms with van der Waals surface area (Å²) in [6.45, 7) is 6.72. The van der Waals surface area contributed by atoms with Crippen molar-refractivity contribution >= 4 is 10.8 Å². The Balaban J connectivity index is 2.09. The number of likely N-dealkylation sites (N-methyl/N-ethyl adjacent to an activating group) is 1. The topological polar surface area (TPSA) is 30.9 Å². The van der Waals surface area contributed by atoms with Gasteiger partial charge in [0.05, 0.1) is 26.7 Å². The van der Waals surface area contributed by atoms with Gasteiger partial charge in [0.25, 0.3) is 0 Å². The van der Waals surface area contributed by atoms with Crippen molar-refractivity contribution in [1.29, 1.82) is 0 Å². The van der Waals surface area contributed by atoms with Crippen molar-refractivity contribution in [2.45, 2.75) is 39.3 Å². The molecule has 0 aliphatic carbocycles. The van der Waals surface area contributed by atoms with Crippen LogP contribution in [0.15, 0.2) is 36.4 Å². The lowest BCUT2D eigenvalue weighted by Crippen LogP contribution is -2.38. The molecule has 2 atom stereocenters. The first-order valence-corrected chi connectivity index (χ1v) is 10.5. The van der Waals surface area contributed by atoms with Gasteiger partial charge in [0.2, 0.25) is 0 Å². The fourth-order valence-electron chi connectivity index (χ4n) is 4.99. The van der Waals surface area contributed by atoms with E-state index in [0.29, 0.717) is 6.04 Å². The van der Waals surface area contributed by atoms with Gasteiger partial charge in [0, 0.05) is 17.6 Å². The highest BCUT2D eigenvalue weighted by Gasteiger charge is 2.32. The van der Waals surface area contributed by atoms with Crippen LogP contribution >= 0.6 is 0 Å². The first kappa shape index (κ1) is 20.5. The van der Waals surface area contributed by atoms with E-state index in [4.69, 9.17) is 14.2 Å². The summed E-state index contributed by atoms with van der Waals surface area (Å²) in [6.07, 6.45) is 0.986. The van der Waals surface area contributed by atoms with E-state index < -0.39 is 0 Å². The van der Waals surface area contributed by atoms with Crippen LogP contribution in [0.2, 0.25) is 0 Å². The molecular formula is C26H31NO3. The van der Waals surface area contributed by atoms with Gasteiger partial charge in [0.15, 0.2) is 0 Å². The van der Waals surface area contributed by atoms with E-state index in [2.05, 4.69) is 63.1 Å². The van der Waals surface area contributed by atoms with E-state index >= 15 is 0 Å². The van der Waals surface area contributed by atoms with Gasteiger partial charge in [-0.2, -0.15) is 0 Å². The van der Waals surface area contributed by atoms with Crippen LogP contribution in [0.4, 0.5) is 0 Å². The molecule has 0 bridgehead atoms. The molecule has 0 aromatic heterocycles. The zero-order valence-corrected chi connectivity index (χ0v) is 19.0. The zero-order chi connectivity index (χ0) is 21.6. The summed E-state index contributed by atoms with van der Waals surface area (Å²) < 4.78 is 17.2. The molecule has 2 unspecified atom stereocenters. The molecule has 4 rings (SSSR count). The summed E-state index contributed by atoms with van der Waals surface area (Å²) in [5, 5.41) is 2.17. The number of benzene rings is 3. The number of methoxy groups -OCH3 is 3. The third kappa shape index (κ3) is 3.02. The van der Waals surface area contributed by atoms with E-state index in [0.717, 1.165) is 34.4 Å². The predicted octanol–water partition coefficient (Wildman–Crippen LogP) is 5.78. The third-order valence-electron chi connectivity index (χ3n) is 6.75. The highest BCUT2D eigenvalue weighted by molar-refractivity contribution is 6.05. The molecule has 0 radical (unpaired) electrons. The van der Waals surface area contributed by atoms with Crippen molar-refractivity contribution in [1.82, 2.24) is 4.90 Å². The monoisotopic (exact) mass is 405 g/mol. The first-order valence-electron chi connectivity index (χ1n) is 10.5. The molecule has 0 saturated carbocycles. The maximum Gasteiger partial charge on any atom is 0.130 e. The molecular weight excluding hydrogens is 374 g/mol. The molecule has 0 saturated heterocycles. The SMILES string of the molecule is COc1ccc(-c2c(C)cc(OC)c3c(OC)cccc23)c2c1C(C)N(C)C(C)C2. The Morgan fingerprint density at radius 2 is 1.60 bits per heavy atom. The number of ether oxygens (including phenoxy) is 3. The van der Waals surface area contributed by atoms with Crippen LogP contribution in [0.1, 0.15) is 36.6 Å². The van der Waals surface area contributed by atoms with Crippen LogP contribution in [-0.2, 0) is 6.42 Å². The second-order valence-electron chi connectivity index (χ2n) is 8.26. The number of hydrogen-bond acceptors (Lipinski definition) is 4. The Kier molecular flexibility index (Phi) is 5.37. The van der Waals surface area contributed by atoms with Crippen LogP contribution in [0.25, 0.3) is 21.9 Å². The number of hydrogen-bond donors (Lipinski definition) is 0. The summed E-state index contributed by atoms with van der Waals surface area (Å²) >= 11 is 0. The first-order chi connectivity index (χ1) is 14.4. The molecule has 0 spiro atoms. The quantitative estimate of drug-likeness (QED) is 0.551. The average molecular weight is 406 g/mol. The standard InChI is InChI=1S/C26H31NO3/c1-15-13-23(30-7)26-19(9-8-10-21(26)28-5)24(15)18-11-12-22(29-6)25-17(3)27(4)16(2)14-20(18)25/h8-13,16-17H,14H2,1-7H3. The molecule has 0 amide bonds. The van der Waals surface area contributed by atoms with Crippen LogP contribution < -0.4 is 14.2 Å². The molecule has 1 heterocycles. The van der Waals surface area contributed by atoms with E-state index in [1.165, 1.54) is 27.8 Å². The summed E-state index contributed by atoms with van der Waals surface area (Å²) in [5.41, 5.74) is 6.38. The Bertz CT molecular complexity index is 1110. The van der Waals surface area contributed by atoms with Crippen LogP contribution in [0.5, 0.6) is 17.2 Å². The molecule has 3 aromatic carbocycles. The highest BCUT2D eigenvalue weighted by atomic mass is 16.5. The summed E-state index contributed by atoms with van der Waals surface area (Å²) in [5.74, 6) is 2.63. The van der Waals surface area contributed by atoms with Crippen molar-refractivity contribution in [2.75, 3.05) is 28.4 Å². The zero-order valence-electron chi connectivity index (χ0n) is 19.0. The Morgan fingerprint density at radius 3 is 2.27 bits per heavy atom. The second-order valence-corrected chi connectivity index (χ2v) is 8.26. The maximum absolute atomic E-state index is 5.78. The van der Waals surface area contributed by atoms with E-state index in [1.807, 2.05) is 6.07 Å². The molecule has 30 heavy (non-hydrogen) atoms. The number of nitrogens with zero attached hydrogens (tertiary/aromatic N) is 1. The smallest absolute Gasteiger partial charge is 0.130 e. The van der Waals surface area contributed by atoms with E-state index in [9.17, 15) is 0 Å². The van der Waals surface area contributed by atoms with Crippen LogP contribution in [-0.4, -0.2) is 39.3 Å². The number of rotatable bonds is 4. The third-order valence-corrected chi connectivity index (χ3v) is 6.75. The van der Waals surface area contributed by atoms with Crippen molar-refractivity contribution in [2.24, 2.45) is 0 Å². The predicted molar refractivity (Wildman–Crippen MR) is 123 cm³/mol. The fourth-order valence-corrected chi connectivity index (χ4v) is 4.99. The Hall–Kier alpha value is -2.72. The molecule has 1 aliphatic rings. The fraction of sp³-hybridized carbons (Fsp3) is 0.385. The van der Waals surface area contributed by atoms with Crippen LogP contribution in [0.3, 0.4) is 0 Å². The average Bonchev–Trinajstić information content (AvgIpc) is 2.76. The van der Waals surface area contributed by atoms with Gasteiger partial charge in [-0.05, 0) is 80.1 Å². The minimum atomic E-state index is 0.290. The summed E-state index contributed by atoms with van der Waals surface area (Å²) in [7, 11) is 7.39. The lowest BCUT2D eigenvalue weighted by atomic mass is 9.81. The largest absolute Gasteiger partial charge is 0.496 e. The lowest BCUT2D eigenvalue weighted by Gasteiger charge is -2.39. The Morgan fingerprint density at radius 1 is 0.900 bits per heavy atom.